The highest BCUT2D eigenvalue weighted by molar-refractivity contribution is 9.11. The monoisotopic (exact) mass is 289 g/mol. The summed E-state index contributed by atoms with van der Waals surface area (Å²) in [5.74, 6) is 0.0306. The summed E-state index contributed by atoms with van der Waals surface area (Å²) >= 11 is 3.36. The Morgan fingerprint density at radius 1 is 1.18 bits per heavy atom. The van der Waals surface area contributed by atoms with Crippen LogP contribution < -0.4 is 0 Å². The molecular formula is C14H12BrNO. The number of ketones is 1. The molecule has 0 saturated heterocycles. The molecule has 0 aromatic heterocycles. The van der Waals surface area contributed by atoms with Crippen LogP contribution in [0.3, 0.4) is 0 Å². The number of rotatable bonds is 1. The number of halogens is 1. The van der Waals surface area contributed by atoms with Crippen molar-refractivity contribution >= 4 is 21.7 Å². The van der Waals surface area contributed by atoms with Crippen molar-refractivity contribution in [2.45, 2.75) is 0 Å². The largest absolute Gasteiger partial charge is 0.351 e. The van der Waals surface area contributed by atoms with Crippen molar-refractivity contribution in [3.8, 4) is 0 Å². The molecule has 0 saturated carbocycles. The lowest BCUT2D eigenvalue weighted by atomic mass is 10.1. The van der Waals surface area contributed by atoms with E-state index in [2.05, 4.69) is 15.9 Å². The number of carbonyl (C=O) groups is 1. The number of hydrogen-bond acceptors (Lipinski definition) is 2. The molecule has 17 heavy (non-hydrogen) atoms. The average molecular weight is 290 g/mol. The van der Waals surface area contributed by atoms with Gasteiger partial charge in [0.25, 0.3) is 0 Å². The van der Waals surface area contributed by atoms with Crippen LogP contribution in [-0.4, -0.2) is 17.7 Å². The highest BCUT2D eigenvalue weighted by Gasteiger charge is 2.08. The van der Waals surface area contributed by atoms with Crippen LogP contribution in [0.5, 0.6) is 0 Å². The molecular weight excluding hydrogens is 278 g/mol. The van der Waals surface area contributed by atoms with E-state index < -0.39 is 0 Å². The summed E-state index contributed by atoms with van der Waals surface area (Å²) in [6, 6.07) is 0. The molecule has 0 fully saturated rings. The van der Waals surface area contributed by atoms with Crippen LogP contribution >= 0.6 is 15.9 Å². The number of allylic oxidation sites excluding steroid dienone is 10. The fourth-order valence-corrected chi connectivity index (χ4v) is 1.91. The standard InChI is InChI=1S/C14H12BrNO/c1-16-9-3-2-4-13(16)7-5-11-10-12(15)6-8-14(11)17/h2-10H,1H3/b11-5-,13-7-. The van der Waals surface area contributed by atoms with Crippen molar-refractivity contribution in [2.75, 3.05) is 7.05 Å². The third-order valence-corrected chi connectivity index (χ3v) is 2.99. The fourth-order valence-electron chi connectivity index (χ4n) is 1.53. The van der Waals surface area contributed by atoms with Crippen LogP contribution in [0.2, 0.25) is 0 Å². The van der Waals surface area contributed by atoms with Gasteiger partial charge in [0.1, 0.15) is 0 Å². The Hall–Kier alpha value is -1.61. The maximum atomic E-state index is 11.6. The van der Waals surface area contributed by atoms with Gasteiger partial charge in [-0.15, -0.1) is 0 Å². The first-order valence-electron chi connectivity index (χ1n) is 5.26. The zero-order valence-corrected chi connectivity index (χ0v) is 11.0. The fraction of sp³-hybridized carbons (Fsp3) is 0.0714. The van der Waals surface area contributed by atoms with Gasteiger partial charge in [-0.1, -0.05) is 22.0 Å². The smallest absolute Gasteiger partial charge is 0.185 e. The van der Waals surface area contributed by atoms with Crippen LogP contribution in [0, 0.1) is 0 Å². The van der Waals surface area contributed by atoms with E-state index in [4.69, 9.17) is 0 Å². The molecule has 1 heterocycles. The number of likely N-dealkylation sites (N-methyl/N-ethyl adjacent to an activating group) is 1. The Kier molecular flexibility index (Phi) is 3.59. The number of hydrogen-bond donors (Lipinski definition) is 0. The van der Waals surface area contributed by atoms with Crippen LogP contribution in [0.25, 0.3) is 0 Å². The van der Waals surface area contributed by atoms with Crippen LogP contribution in [0.1, 0.15) is 0 Å². The normalized spacial score (nSPS) is 23.8. The molecule has 86 valence electrons. The van der Waals surface area contributed by atoms with Crippen molar-refractivity contribution in [2.24, 2.45) is 0 Å². The minimum absolute atomic E-state index is 0.0306. The van der Waals surface area contributed by atoms with Gasteiger partial charge >= 0.3 is 0 Å². The SMILES string of the molecule is CN1C=CC=C/C1=C/C=C1/C=C(Br)C=CC1=O. The van der Waals surface area contributed by atoms with E-state index in [9.17, 15) is 4.79 Å². The summed E-state index contributed by atoms with van der Waals surface area (Å²) in [5, 5.41) is 0. The molecule has 1 aliphatic heterocycles. The van der Waals surface area contributed by atoms with Gasteiger partial charge in [0, 0.05) is 29.0 Å². The minimum atomic E-state index is 0.0306. The first-order chi connectivity index (χ1) is 8.16. The summed E-state index contributed by atoms with van der Waals surface area (Å²) in [5.41, 5.74) is 1.73. The molecule has 3 heteroatoms. The molecule has 0 N–H and O–H groups in total. The summed E-state index contributed by atoms with van der Waals surface area (Å²) in [6.45, 7) is 0. The number of nitrogens with zero attached hydrogens (tertiary/aromatic N) is 1. The molecule has 0 bridgehead atoms. The van der Waals surface area contributed by atoms with Gasteiger partial charge < -0.3 is 4.90 Å². The summed E-state index contributed by atoms with van der Waals surface area (Å²) < 4.78 is 0.911. The first-order valence-corrected chi connectivity index (χ1v) is 6.05. The molecule has 0 radical (unpaired) electrons. The van der Waals surface area contributed by atoms with E-state index in [0.29, 0.717) is 5.57 Å². The van der Waals surface area contributed by atoms with Crippen molar-refractivity contribution < 1.29 is 4.79 Å². The zero-order valence-electron chi connectivity index (χ0n) is 9.43. The van der Waals surface area contributed by atoms with Crippen molar-refractivity contribution in [1.82, 2.24) is 4.90 Å². The highest BCUT2D eigenvalue weighted by atomic mass is 79.9. The summed E-state index contributed by atoms with van der Waals surface area (Å²) in [6.07, 6.45) is 16.8. The van der Waals surface area contributed by atoms with Crippen molar-refractivity contribution in [3.63, 3.8) is 0 Å². The predicted octanol–water partition coefficient (Wildman–Crippen LogP) is 3.23. The Labute approximate surface area is 109 Å². The van der Waals surface area contributed by atoms with Crippen LogP contribution in [0.15, 0.2) is 70.6 Å². The quantitative estimate of drug-likeness (QED) is 0.691. The van der Waals surface area contributed by atoms with Crippen LogP contribution in [-0.2, 0) is 4.79 Å². The molecule has 0 unspecified atom stereocenters. The molecule has 2 nitrogen and oxygen atoms in total. The number of carbonyl (C=O) groups excluding carboxylic acids is 1. The molecule has 0 aromatic rings. The lowest BCUT2D eigenvalue weighted by Crippen LogP contribution is -2.10. The van der Waals surface area contributed by atoms with E-state index in [1.165, 1.54) is 0 Å². The molecule has 0 aromatic carbocycles. The van der Waals surface area contributed by atoms with Gasteiger partial charge in [-0.2, -0.15) is 0 Å². The second kappa shape index (κ2) is 5.15. The lowest BCUT2D eigenvalue weighted by molar-refractivity contribution is -0.111. The van der Waals surface area contributed by atoms with Gasteiger partial charge in [0.15, 0.2) is 5.78 Å². The van der Waals surface area contributed by atoms with Gasteiger partial charge in [-0.05, 0) is 42.5 Å². The van der Waals surface area contributed by atoms with E-state index >= 15 is 0 Å². The summed E-state index contributed by atoms with van der Waals surface area (Å²) in [7, 11) is 1.97. The van der Waals surface area contributed by atoms with Gasteiger partial charge in [-0.25, -0.2) is 0 Å². The Bertz CT molecular complexity index is 518. The molecule has 2 aliphatic rings. The maximum absolute atomic E-state index is 11.6. The van der Waals surface area contributed by atoms with E-state index in [1.54, 1.807) is 12.2 Å². The average Bonchev–Trinajstić information content (AvgIpc) is 2.32. The van der Waals surface area contributed by atoms with Gasteiger partial charge in [0.2, 0.25) is 0 Å². The maximum Gasteiger partial charge on any atom is 0.185 e. The van der Waals surface area contributed by atoms with Crippen molar-refractivity contribution in [3.05, 3.63) is 70.6 Å². The topological polar surface area (TPSA) is 20.3 Å². The van der Waals surface area contributed by atoms with Gasteiger partial charge in [0.05, 0.1) is 0 Å². The molecule has 1 aliphatic carbocycles. The van der Waals surface area contributed by atoms with Gasteiger partial charge in [-0.3, -0.25) is 4.79 Å². The third kappa shape index (κ3) is 2.94. The lowest BCUT2D eigenvalue weighted by Gasteiger charge is -2.17. The van der Waals surface area contributed by atoms with E-state index in [-0.39, 0.29) is 5.78 Å². The molecule has 0 amide bonds. The molecule has 2 rings (SSSR count). The third-order valence-electron chi connectivity index (χ3n) is 2.50. The van der Waals surface area contributed by atoms with E-state index in [1.807, 2.05) is 54.6 Å². The minimum Gasteiger partial charge on any atom is -0.351 e. The molecule has 0 spiro atoms. The Morgan fingerprint density at radius 3 is 2.76 bits per heavy atom. The zero-order chi connectivity index (χ0) is 12.3. The van der Waals surface area contributed by atoms with Crippen molar-refractivity contribution in [1.29, 1.82) is 0 Å². The summed E-state index contributed by atoms with van der Waals surface area (Å²) in [4.78, 5) is 13.6. The van der Waals surface area contributed by atoms with Crippen LogP contribution in [0.4, 0.5) is 0 Å². The second-order valence-corrected chi connectivity index (χ2v) is 4.67. The Balaban J connectivity index is 2.23. The second-order valence-electron chi connectivity index (χ2n) is 3.75. The highest BCUT2D eigenvalue weighted by Crippen LogP contribution is 2.18. The Morgan fingerprint density at radius 2 is 2.00 bits per heavy atom. The molecule has 0 atom stereocenters. The van der Waals surface area contributed by atoms with E-state index in [0.717, 1.165) is 10.2 Å². The predicted molar refractivity (Wildman–Crippen MR) is 73.4 cm³/mol. The first kappa shape index (κ1) is 11.9.